The van der Waals surface area contributed by atoms with E-state index in [2.05, 4.69) is 0 Å². The largest absolute Gasteiger partial charge is 0.454 e. The van der Waals surface area contributed by atoms with Crippen molar-refractivity contribution in [1.29, 1.82) is 0 Å². The van der Waals surface area contributed by atoms with Crippen molar-refractivity contribution < 1.29 is 23.8 Å². The van der Waals surface area contributed by atoms with E-state index in [1.165, 1.54) is 6.08 Å². The molecule has 28 heavy (non-hydrogen) atoms. The van der Waals surface area contributed by atoms with Crippen LogP contribution in [0.3, 0.4) is 0 Å². The number of carbonyl (C=O) groups is 2. The molecule has 5 heteroatoms. The second-order valence-corrected chi connectivity index (χ2v) is 6.06. The molecule has 0 fully saturated rings. The van der Waals surface area contributed by atoms with E-state index in [0.29, 0.717) is 33.9 Å². The highest BCUT2D eigenvalue weighted by atomic mass is 16.7. The average molecular weight is 372 g/mol. The van der Waals surface area contributed by atoms with Crippen LogP contribution in [-0.2, 0) is 0 Å². The number of ether oxygens (including phenoxy) is 3. The predicted octanol–water partition coefficient (Wildman–Crippen LogP) is 4.53. The summed E-state index contributed by atoms with van der Waals surface area (Å²) in [5.74, 6) is 0.823. The number of esters is 1. The van der Waals surface area contributed by atoms with Crippen LogP contribution in [0.15, 0.2) is 78.9 Å². The molecule has 0 aromatic heterocycles. The van der Waals surface area contributed by atoms with Crippen molar-refractivity contribution in [3.8, 4) is 17.2 Å². The molecule has 138 valence electrons. The highest BCUT2D eigenvalue weighted by Crippen LogP contribution is 2.33. The lowest BCUT2D eigenvalue weighted by atomic mass is 10.1. The van der Waals surface area contributed by atoms with Crippen molar-refractivity contribution in [3.63, 3.8) is 0 Å². The predicted molar refractivity (Wildman–Crippen MR) is 104 cm³/mol. The molecule has 3 aromatic carbocycles. The van der Waals surface area contributed by atoms with Gasteiger partial charge in [-0.25, -0.2) is 4.79 Å². The van der Waals surface area contributed by atoms with Crippen LogP contribution < -0.4 is 14.2 Å². The van der Waals surface area contributed by atoms with Crippen molar-refractivity contribution in [2.75, 3.05) is 6.79 Å². The molecule has 0 spiro atoms. The highest BCUT2D eigenvalue weighted by Gasteiger charge is 2.18. The Balaban J connectivity index is 1.52. The van der Waals surface area contributed by atoms with E-state index < -0.39 is 5.97 Å². The Hall–Kier alpha value is -3.86. The minimum atomic E-state index is -0.520. The molecule has 4 rings (SSSR count). The van der Waals surface area contributed by atoms with E-state index in [1.54, 1.807) is 54.6 Å². The molecule has 0 bridgehead atoms. The van der Waals surface area contributed by atoms with Gasteiger partial charge in [-0.05, 0) is 36.4 Å². The van der Waals surface area contributed by atoms with Gasteiger partial charge in [-0.1, -0.05) is 48.5 Å². The molecule has 0 amide bonds. The van der Waals surface area contributed by atoms with Crippen LogP contribution >= 0.6 is 0 Å². The molecule has 0 saturated carbocycles. The van der Waals surface area contributed by atoms with Gasteiger partial charge in [0.15, 0.2) is 17.3 Å². The summed E-state index contributed by atoms with van der Waals surface area (Å²) in [6.07, 6.45) is 3.10. The number of hydrogen-bond acceptors (Lipinski definition) is 5. The fraction of sp³-hybridized carbons (Fsp3) is 0.0435. The minimum Gasteiger partial charge on any atom is -0.454 e. The molecular weight excluding hydrogens is 356 g/mol. The topological polar surface area (TPSA) is 61.8 Å². The second kappa shape index (κ2) is 7.80. The number of hydrogen-bond donors (Lipinski definition) is 0. The summed E-state index contributed by atoms with van der Waals surface area (Å²) in [4.78, 5) is 24.8. The first-order chi connectivity index (χ1) is 13.7. The van der Waals surface area contributed by atoms with Gasteiger partial charge in [-0.3, -0.25) is 4.79 Å². The van der Waals surface area contributed by atoms with Crippen molar-refractivity contribution in [3.05, 3.63) is 95.6 Å². The minimum absolute atomic E-state index is 0.127. The summed E-state index contributed by atoms with van der Waals surface area (Å²) in [5.41, 5.74) is 1.57. The Kier molecular flexibility index (Phi) is 4.89. The maximum atomic E-state index is 12.5. The first kappa shape index (κ1) is 17.5. The molecule has 0 unspecified atom stereocenters. The van der Waals surface area contributed by atoms with Gasteiger partial charge in [-0.2, -0.15) is 0 Å². The van der Waals surface area contributed by atoms with Crippen molar-refractivity contribution in [2.45, 2.75) is 0 Å². The number of fused-ring (bicyclic) bond motifs is 1. The molecule has 1 aliphatic rings. The maximum absolute atomic E-state index is 12.5. The van der Waals surface area contributed by atoms with Gasteiger partial charge in [0.1, 0.15) is 5.75 Å². The molecule has 1 aliphatic heterocycles. The number of carbonyl (C=O) groups excluding carboxylic acids is 2. The first-order valence-corrected chi connectivity index (χ1v) is 8.69. The zero-order valence-electron chi connectivity index (χ0n) is 14.8. The molecule has 1 heterocycles. The third-order valence-electron chi connectivity index (χ3n) is 4.20. The SMILES string of the molecule is O=C(C=Cc1ccccc1OC(=O)c1ccc2c(c1)OCO2)c1ccccc1. The van der Waals surface area contributed by atoms with E-state index in [1.807, 2.05) is 24.3 Å². The van der Waals surface area contributed by atoms with Gasteiger partial charge in [0.2, 0.25) is 6.79 Å². The summed E-state index contributed by atoms with van der Waals surface area (Å²) in [7, 11) is 0. The number of para-hydroxylation sites is 1. The molecule has 0 N–H and O–H groups in total. The lowest BCUT2D eigenvalue weighted by Crippen LogP contribution is -2.09. The van der Waals surface area contributed by atoms with Crippen molar-refractivity contribution in [2.24, 2.45) is 0 Å². The fourth-order valence-corrected chi connectivity index (χ4v) is 2.76. The van der Waals surface area contributed by atoms with Crippen LogP contribution in [0.5, 0.6) is 17.2 Å². The molecule has 5 nitrogen and oxygen atoms in total. The molecule has 0 saturated heterocycles. The molecule has 0 radical (unpaired) electrons. The van der Waals surface area contributed by atoms with Crippen LogP contribution in [0, 0.1) is 0 Å². The monoisotopic (exact) mass is 372 g/mol. The standard InChI is InChI=1S/C23H16O5/c24-19(16-6-2-1-3-7-16)12-10-17-8-4-5-9-20(17)28-23(25)18-11-13-21-22(14-18)27-15-26-21/h1-14H,15H2. The van der Waals surface area contributed by atoms with Gasteiger partial charge >= 0.3 is 5.97 Å². The van der Waals surface area contributed by atoms with E-state index >= 15 is 0 Å². The number of benzene rings is 3. The summed E-state index contributed by atoms with van der Waals surface area (Å²) in [6.45, 7) is 0.136. The number of ketones is 1. The average Bonchev–Trinajstić information content (AvgIpc) is 3.21. The van der Waals surface area contributed by atoms with Crippen molar-refractivity contribution in [1.82, 2.24) is 0 Å². The Morgan fingerprint density at radius 3 is 2.43 bits per heavy atom. The second-order valence-electron chi connectivity index (χ2n) is 6.06. The molecular formula is C23H16O5. The molecule has 3 aromatic rings. The summed E-state index contributed by atoms with van der Waals surface area (Å²) in [5, 5.41) is 0. The highest BCUT2D eigenvalue weighted by molar-refractivity contribution is 6.07. The lowest BCUT2D eigenvalue weighted by Gasteiger charge is -2.08. The molecule has 0 aliphatic carbocycles. The summed E-state index contributed by atoms with van der Waals surface area (Å²) in [6, 6.07) is 20.9. The van der Waals surface area contributed by atoms with Gasteiger partial charge in [0.25, 0.3) is 0 Å². The van der Waals surface area contributed by atoms with Gasteiger partial charge in [0, 0.05) is 11.1 Å². The Bertz CT molecular complexity index is 1050. The number of allylic oxidation sites excluding steroid dienone is 1. The lowest BCUT2D eigenvalue weighted by molar-refractivity contribution is 0.0733. The third-order valence-corrected chi connectivity index (χ3v) is 4.20. The van der Waals surface area contributed by atoms with E-state index in [-0.39, 0.29) is 12.6 Å². The van der Waals surface area contributed by atoms with Crippen LogP contribution in [-0.4, -0.2) is 18.5 Å². The fourth-order valence-electron chi connectivity index (χ4n) is 2.76. The van der Waals surface area contributed by atoms with Crippen LogP contribution in [0.1, 0.15) is 26.3 Å². The van der Waals surface area contributed by atoms with Gasteiger partial charge < -0.3 is 14.2 Å². The maximum Gasteiger partial charge on any atom is 0.343 e. The van der Waals surface area contributed by atoms with E-state index in [4.69, 9.17) is 14.2 Å². The summed E-state index contributed by atoms with van der Waals surface area (Å²) >= 11 is 0. The van der Waals surface area contributed by atoms with Crippen LogP contribution in [0.25, 0.3) is 6.08 Å². The number of rotatable bonds is 5. The Morgan fingerprint density at radius 2 is 1.57 bits per heavy atom. The Morgan fingerprint density at radius 1 is 0.821 bits per heavy atom. The van der Waals surface area contributed by atoms with Gasteiger partial charge in [0.05, 0.1) is 5.56 Å². The van der Waals surface area contributed by atoms with Crippen molar-refractivity contribution >= 4 is 17.8 Å². The van der Waals surface area contributed by atoms with Crippen LogP contribution in [0.4, 0.5) is 0 Å². The van der Waals surface area contributed by atoms with Crippen LogP contribution in [0.2, 0.25) is 0 Å². The zero-order valence-corrected chi connectivity index (χ0v) is 14.8. The summed E-state index contributed by atoms with van der Waals surface area (Å²) < 4.78 is 16.1. The molecule has 0 atom stereocenters. The van der Waals surface area contributed by atoms with Gasteiger partial charge in [-0.15, -0.1) is 0 Å². The Labute approximate surface area is 161 Å². The third kappa shape index (κ3) is 3.78. The first-order valence-electron chi connectivity index (χ1n) is 8.69. The quantitative estimate of drug-likeness (QED) is 0.285. The van der Waals surface area contributed by atoms with E-state index in [9.17, 15) is 9.59 Å². The van der Waals surface area contributed by atoms with E-state index in [0.717, 1.165) is 0 Å². The normalized spacial score (nSPS) is 12.1. The zero-order chi connectivity index (χ0) is 19.3. The smallest absolute Gasteiger partial charge is 0.343 e.